The van der Waals surface area contributed by atoms with Crippen molar-refractivity contribution < 1.29 is 10.2 Å². The fraction of sp³-hybridized carbons (Fsp3) is 0.200. The summed E-state index contributed by atoms with van der Waals surface area (Å²) in [4.78, 5) is 10.2. The van der Waals surface area contributed by atoms with Gasteiger partial charge in [0.2, 0.25) is 0 Å². The molecule has 3 rings (SSSR count). The van der Waals surface area contributed by atoms with Crippen molar-refractivity contribution in [2.24, 2.45) is 0 Å². The average molecular weight is 286 g/mol. The predicted molar refractivity (Wildman–Crippen MR) is 79.6 cm³/mol. The van der Waals surface area contributed by atoms with Crippen molar-refractivity contribution in [3.63, 3.8) is 0 Å². The monoisotopic (exact) mass is 286 g/mol. The fourth-order valence-electron chi connectivity index (χ4n) is 2.09. The minimum absolute atomic E-state index is 0.345. The van der Waals surface area contributed by atoms with Crippen molar-refractivity contribution in [3.05, 3.63) is 47.9 Å². The summed E-state index contributed by atoms with van der Waals surface area (Å²) in [5, 5.41) is 19.7. The summed E-state index contributed by atoms with van der Waals surface area (Å²) in [5.41, 5.74) is 2.81. The molecule has 1 unspecified atom stereocenters. The van der Waals surface area contributed by atoms with E-state index in [0.29, 0.717) is 5.69 Å². The summed E-state index contributed by atoms with van der Waals surface area (Å²) in [6.07, 6.45) is 0.451. The van der Waals surface area contributed by atoms with Crippen LogP contribution in [0.2, 0.25) is 0 Å². The molecule has 0 amide bonds. The van der Waals surface area contributed by atoms with Gasteiger partial charge in [-0.3, -0.25) is 0 Å². The van der Waals surface area contributed by atoms with Crippen LogP contribution in [0.5, 0.6) is 0 Å². The first kappa shape index (κ1) is 13.2. The van der Waals surface area contributed by atoms with Gasteiger partial charge < -0.3 is 10.2 Å². The van der Waals surface area contributed by atoms with Crippen LogP contribution in [0, 0.1) is 6.92 Å². The van der Waals surface area contributed by atoms with E-state index in [4.69, 9.17) is 5.11 Å². The Kier molecular flexibility index (Phi) is 3.48. The Morgan fingerprint density at radius 1 is 1.20 bits per heavy atom. The molecule has 0 spiro atoms. The molecule has 3 aromatic rings. The molecule has 2 N–H and O–H groups in total. The van der Waals surface area contributed by atoms with Gasteiger partial charge in [0, 0.05) is 10.3 Å². The van der Waals surface area contributed by atoms with Gasteiger partial charge in [-0.25, -0.2) is 9.97 Å². The van der Waals surface area contributed by atoms with Gasteiger partial charge in [0.15, 0.2) is 0 Å². The van der Waals surface area contributed by atoms with Crippen LogP contribution in [-0.4, -0.2) is 26.8 Å². The Balaban J connectivity index is 2.13. The average Bonchev–Trinajstić information content (AvgIpc) is 2.91. The van der Waals surface area contributed by atoms with E-state index in [1.54, 1.807) is 11.3 Å². The Bertz CT molecular complexity index is 737. The Morgan fingerprint density at radius 2 is 1.95 bits per heavy atom. The normalized spacial score (nSPS) is 12.8. The summed E-state index contributed by atoms with van der Waals surface area (Å²) in [6.45, 7) is 1.71. The zero-order chi connectivity index (χ0) is 14.1. The largest absolute Gasteiger partial charge is 0.393 e. The number of hydrogen-bond donors (Lipinski definition) is 2. The van der Waals surface area contributed by atoms with Gasteiger partial charge in [0.05, 0.1) is 12.3 Å². The molecule has 5 heteroatoms. The number of aryl methyl sites for hydroxylation is 1. The molecule has 0 saturated carbocycles. The minimum Gasteiger partial charge on any atom is -0.393 e. The number of benzene rings is 1. The van der Waals surface area contributed by atoms with Crippen LogP contribution < -0.4 is 0 Å². The van der Waals surface area contributed by atoms with E-state index in [-0.39, 0.29) is 6.61 Å². The minimum atomic E-state index is -0.971. The molecule has 4 nitrogen and oxygen atoms in total. The SMILES string of the molecule is Cc1ccc(-c2cc3c(C(O)CO)ncnc3s2)cc1. The molecule has 2 aromatic heterocycles. The van der Waals surface area contributed by atoms with Crippen LogP contribution in [0.15, 0.2) is 36.7 Å². The summed E-state index contributed by atoms with van der Waals surface area (Å²) in [5.74, 6) is 0. The van der Waals surface area contributed by atoms with Crippen molar-refractivity contribution in [3.8, 4) is 10.4 Å². The van der Waals surface area contributed by atoms with Gasteiger partial charge in [-0.15, -0.1) is 11.3 Å². The topological polar surface area (TPSA) is 66.2 Å². The van der Waals surface area contributed by atoms with Crippen molar-refractivity contribution in [1.29, 1.82) is 0 Å². The van der Waals surface area contributed by atoms with E-state index in [0.717, 1.165) is 20.7 Å². The maximum Gasteiger partial charge on any atom is 0.127 e. The maximum atomic E-state index is 9.81. The van der Waals surface area contributed by atoms with E-state index in [1.165, 1.54) is 11.9 Å². The summed E-state index contributed by atoms with van der Waals surface area (Å²) in [7, 11) is 0. The van der Waals surface area contributed by atoms with Gasteiger partial charge >= 0.3 is 0 Å². The van der Waals surface area contributed by atoms with Gasteiger partial charge in [-0.1, -0.05) is 29.8 Å². The molecular weight excluding hydrogens is 272 g/mol. The molecule has 0 bridgehead atoms. The van der Waals surface area contributed by atoms with E-state index in [2.05, 4.69) is 41.2 Å². The van der Waals surface area contributed by atoms with Gasteiger partial charge in [-0.2, -0.15) is 0 Å². The first-order chi connectivity index (χ1) is 9.69. The van der Waals surface area contributed by atoms with E-state index in [1.807, 2.05) is 6.07 Å². The van der Waals surface area contributed by atoms with E-state index < -0.39 is 6.10 Å². The number of hydrogen-bond acceptors (Lipinski definition) is 5. The second kappa shape index (κ2) is 5.28. The highest BCUT2D eigenvalue weighted by atomic mass is 32.1. The molecule has 102 valence electrons. The summed E-state index contributed by atoms with van der Waals surface area (Å²) < 4.78 is 0. The molecule has 0 radical (unpaired) electrons. The first-order valence-corrected chi connectivity index (χ1v) is 7.11. The van der Waals surface area contributed by atoms with Crippen LogP contribution in [0.3, 0.4) is 0 Å². The lowest BCUT2D eigenvalue weighted by Crippen LogP contribution is -2.05. The van der Waals surface area contributed by atoms with Gasteiger partial charge in [0.25, 0.3) is 0 Å². The number of nitrogens with zero attached hydrogens (tertiary/aromatic N) is 2. The number of aromatic nitrogens is 2. The third-order valence-corrected chi connectivity index (χ3v) is 4.28. The number of aliphatic hydroxyl groups excluding tert-OH is 2. The summed E-state index contributed by atoms with van der Waals surface area (Å²) in [6, 6.07) is 10.2. The van der Waals surface area contributed by atoms with Crippen molar-refractivity contribution in [2.75, 3.05) is 6.61 Å². The number of fused-ring (bicyclic) bond motifs is 1. The lowest BCUT2D eigenvalue weighted by atomic mass is 10.1. The molecule has 1 aromatic carbocycles. The molecule has 0 aliphatic heterocycles. The summed E-state index contributed by atoms with van der Waals surface area (Å²) >= 11 is 1.55. The number of thiophene rings is 1. The Morgan fingerprint density at radius 3 is 2.65 bits per heavy atom. The molecule has 1 atom stereocenters. The zero-order valence-electron chi connectivity index (χ0n) is 10.9. The lowest BCUT2D eigenvalue weighted by Gasteiger charge is -2.06. The third kappa shape index (κ3) is 2.31. The second-order valence-corrected chi connectivity index (χ2v) is 5.68. The van der Waals surface area contributed by atoms with Crippen molar-refractivity contribution in [2.45, 2.75) is 13.0 Å². The molecule has 0 saturated heterocycles. The standard InChI is InChI=1S/C15H14N2O2S/c1-9-2-4-10(5-3-9)13-6-11-14(12(19)7-18)16-8-17-15(11)20-13/h2-6,8,12,18-19H,7H2,1H3. The second-order valence-electron chi connectivity index (χ2n) is 4.65. The van der Waals surface area contributed by atoms with Crippen LogP contribution in [0.25, 0.3) is 20.7 Å². The zero-order valence-corrected chi connectivity index (χ0v) is 11.8. The molecule has 20 heavy (non-hydrogen) atoms. The molecular formula is C15H14N2O2S. The van der Waals surface area contributed by atoms with Gasteiger partial charge in [0.1, 0.15) is 17.3 Å². The maximum absolute atomic E-state index is 9.81. The molecule has 0 aliphatic carbocycles. The van der Waals surface area contributed by atoms with E-state index >= 15 is 0 Å². The lowest BCUT2D eigenvalue weighted by molar-refractivity contribution is 0.0934. The number of rotatable bonds is 3. The van der Waals surface area contributed by atoms with Crippen LogP contribution in [0.1, 0.15) is 17.4 Å². The van der Waals surface area contributed by atoms with Crippen LogP contribution >= 0.6 is 11.3 Å². The quantitative estimate of drug-likeness (QED) is 0.777. The predicted octanol–water partition coefficient (Wildman–Crippen LogP) is 2.69. The first-order valence-electron chi connectivity index (χ1n) is 6.29. The molecule has 0 aliphatic rings. The van der Waals surface area contributed by atoms with Crippen LogP contribution in [0.4, 0.5) is 0 Å². The molecule has 2 heterocycles. The molecule has 0 fully saturated rings. The van der Waals surface area contributed by atoms with Crippen molar-refractivity contribution in [1.82, 2.24) is 9.97 Å². The fourth-order valence-corrected chi connectivity index (χ4v) is 3.10. The Hall–Kier alpha value is -1.82. The number of aliphatic hydroxyl groups is 2. The highest BCUT2D eigenvalue weighted by Crippen LogP contribution is 2.34. The highest BCUT2D eigenvalue weighted by molar-refractivity contribution is 7.21. The third-order valence-electron chi connectivity index (χ3n) is 3.18. The Labute approximate surface area is 120 Å². The highest BCUT2D eigenvalue weighted by Gasteiger charge is 2.15. The van der Waals surface area contributed by atoms with Crippen molar-refractivity contribution >= 4 is 21.6 Å². The van der Waals surface area contributed by atoms with Gasteiger partial charge in [-0.05, 0) is 18.6 Å². The van der Waals surface area contributed by atoms with E-state index in [9.17, 15) is 5.11 Å². The smallest absolute Gasteiger partial charge is 0.127 e. The van der Waals surface area contributed by atoms with Crippen LogP contribution in [-0.2, 0) is 0 Å².